The van der Waals surface area contributed by atoms with Crippen LogP contribution in [0.2, 0.25) is 0 Å². The van der Waals surface area contributed by atoms with Crippen molar-refractivity contribution in [2.45, 2.75) is 114 Å². The highest BCUT2D eigenvalue weighted by molar-refractivity contribution is 8.00. The van der Waals surface area contributed by atoms with Crippen molar-refractivity contribution in [1.82, 2.24) is 10.6 Å². The number of aliphatic hydroxyl groups is 1. The summed E-state index contributed by atoms with van der Waals surface area (Å²) < 4.78 is 38.2. The molecule has 0 saturated carbocycles. The zero-order valence-corrected chi connectivity index (χ0v) is 23.4. The van der Waals surface area contributed by atoms with Gasteiger partial charge >= 0.3 is 18.1 Å². The fraction of sp³-hybridized carbons (Fsp3) is 0.741. The molecule has 1 unspecified atom stereocenters. The number of halogens is 3. The largest absolute Gasteiger partial charge is 0.480 e. The van der Waals surface area contributed by atoms with Crippen LogP contribution < -0.4 is 10.6 Å². The van der Waals surface area contributed by atoms with E-state index in [0.717, 1.165) is 37.4 Å². The predicted octanol–water partition coefficient (Wildman–Crippen LogP) is 5.53. The maximum Gasteiger partial charge on any atom is 0.471 e. The first-order valence-electron chi connectivity index (χ1n) is 13.5. The van der Waals surface area contributed by atoms with Gasteiger partial charge < -0.3 is 20.8 Å². The van der Waals surface area contributed by atoms with Gasteiger partial charge in [0.2, 0.25) is 5.91 Å². The van der Waals surface area contributed by atoms with Gasteiger partial charge in [-0.2, -0.15) is 13.2 Å². The van der Waals surface area contributed by atoms with E-state index in [-0.39, 0.29) is 5.75 Å². The molecule has 0 aromatic heterocycles. The first-order valence-corrected chi connectivity index (χ1v) is 14.6. The van der Waals surface area contributed by atoms with Crippen molar-refractivity contribution in [3.05, 3.63) is 24.3 Å². The van der Waals surface area contributed by atoms with Gasteiger partial charge in [0.1, 0.15) is 12.6 Å². The summed E-state index contributed by atoms with van der Waals surface area (Å²) in [5.74, 6) is -5.00. The highest BCUT2D eigenvalue weighted by Crippen LogP contribution is 2.22. The molecule has 3 atom stereocenters. The monoisotopic (exact) mass is 566 g/mol. The summed E-state index contributed by atoms with van der Waals surface area (Å²) in [5, 5.41) is 22.4. The van der Waals surface area contributed by atoms with Crippen molar-refractivity contribution in [2.24, 2.45) is 0 Å². The summed E-state index contributed by atoms with van der Waals surface area (Å²) in [5.41, 5.74) is 0. The van der Waals surface area contributed by atoms with Crippen molar-refractivity contribution in [3.63, 3.8) is 0 Å². The minimum atomic E-state index is -5.20. The predicted molar refractivity (Wildman–Crippen MR) is 146 cm³/mol. The number of carbonyl (C=O) groups is 3. The number of rotatable bonds is 22. The highest BCUT2D eigenvalue weighted by atomic mass is 32.2. The molecule has 0 fully saturated rings. The third kappa shape index (κ3) is 19.1. The molecule has 0 aromatic carbocycles. The van der Waals surface area contributed by atoms with Crippen LogP contribution in [0, 0.1) is 0 Å². The van der Waals surface area contributed by atoms with Gasteiger partial charge in [0.15, 0.2) is 0 Å². The van der Waals surface area contributed by atoms with Crippen molar-refractivity contribution >= 4 is 29.5 Å². The summed E-state index contributed by atoms with van der Waals surface area (Å²) in [6, 6.07) is -1.62. The average Bonchev–Trinajstić information content (AvgIpc) is 2.86. The summed E-state index contributed by atoms with van der Waals surface area (Å²) in [6.45, 7) is 3.37. The zero-order valence-electron chi connectivity index (χ0n) is 22.6. The van der Waals surface area contributed by atoms with Gasteiger partial charge in [-0.25, -0.2) is 0 Å². The molecule has 11 heteroatoms. The third-order valence-electron chi connectivity index (χ3n) is 5.75. The summed E-state index contributed by atoms with van der Waals surface area (Å²) in [7, 11) is 0. The first-order chi connectivity index (χ1) is 18.0. The molecule has 0 aliphatic carbocycles. The molecule has 0 bridgehead atoms. The van der Waals surface area contributed by atoms with Crippen LogP contribution in [0.25, 0.3) is 0 Å². The Morgan fingerprint density at radius 2 is 1.53 bits per heavy atom. The molecular weight excluding hydrogens is 521 g/mol. The maximum atomic E-state index is 12.7. The highest BCUT2D eigenvalue weighted by Gasteiger charge is 2.41. The molecule has 7 nitrogen and oxygen atoms in total. The normalized spacial score (nSPS) is 14.5. The quantitative estimate of drug-likeness (QED) is 0.101. The first kappa shape index (κ1) is 36.0. The summed E-state index contributed by atoms with van der Waals surface area (Å²) >= 11 is 1.03. The van der Waals surface area contributed by atoms with Gasteiger partial charge in [-0.15, -0.1) is 11.8 Å². The fourth-order valence-electron chi connectivity index (χ4n) is 3.53. The lowest BCUT2D eigenvalue weighted by molar-refractivity contribution is -0.174. The maximum absolute atomic E-state index is 12.7. The van der Waals surface area contributed by atoms with E-state index in [9.17, 15) is 32.7 Å². The van der Waals surface area contributed by atoms with Gasteiger partial charge in [0, 0.05) is 11.0 Å². The number of alkyl halides is 3. The van der Waals surface area contributed by atoms with Gasteiger partial charge in [-0.05, 0) is 19.3 Å². The van der Waals surface area contributed by atoms with Crippen LogP contribution in [-0.2, 0) is 14.4 Å². The van der Waals surface area contributed by atoms with E-state index >= 15 is 0 Å². The Hall–Kier alpha value is -2.01. The minimum absolute atomic E-state index is 0.284. The smallest absolute Gasteiger partial charge is 0.471 e. The average molecular weight is 567 g/mol. The van der Waals surface area contributed by atoms with Crippen LogP contribution >= 0.6 is 11.8 Å². The molecule has 4 N–H and O–H groups in total. The second kappa shape index (κ2) is 21.9. The van der Waals surface area contributed by atoms with Crippen molar-refractivity contribution in [1.29, 1.82) is 0 Å². The number of thioether (sulfide) groups is 1. The molecule has 0 aliphatic rings. The number of aliphatic carboxylic acids is 1. The number of carbonyl (C=O) groups excluding carboxylic acids is 2. The Morgan fingerprint density at radius 1 is 0.921 bits per heavy atom. The zero-order chi connectivity index (χ0) is 28.8. The molecular formula is C27H45F3N2O5S. The number of amides is 2. The number of hydrogen-bond donors (Lipinski definition) is 4. The number of carboxylic acids is 1. The number of unbranched alkanes of at least 4 members (excludes halogenated alkanes) is 9. The lowest BCUT2D eigenvalue weighted by Gasteiger charge is -2.23. The molecule has 0 saturated heterocycles. The van der Waals surface area contributed by atoms with Crippen molar-refractivity contribution < 1.29 is 37.8 Å². The minimum Gasteiger partial charge on any atom is -0.480 e. The molecule has 0 radical (unpaired) electrons. The van der Waals surface area contributed by atoms with Gasteiger partial charge in [-0.3, -0.25) is 14.4 Å². The second-order valence-corrected chi connectivity index (χ2v) is 10.4. The Bertz CT molecular complexity index is 732. The Balaban J connectivity index is 5.00. The van der Waals surface area contributed by atoms with Crippen LogP contribution in [0.3, 0.4) is 0 Å². The second-order valence-electron chi connectivity index (χ2n) is 9.22. The fourth-order valence-corrected chi connectivity index (χ4v) is 4.74. The standard InChI is InChI=1S/C27H45F3N2O5S/c1-3-5-7-8-9-10-11-12-13-14-15-16-18-23(22(33)17-6-4-2)38-20-21(25(36)31-19-24(34)35)32-26(37)27(28,29)30/h14-16,18,21-23,33H,3-13,17,19-20H2,1-2H3,(H,31,36)(H,32,37)(H,34,35)/t21?,22-,23+/m0/s1. The molecule has 0 rings (SSSR count). The number of hydrogen-bond acceptors (Lipinski definition) is 5. The van der Waals surface area contributed by atoms with Crippen LogP contribution in [0.5, 0.6) is 0 Å². The topological polar surface area (TPSA) is 116 Å². The molecule has 0 spiro atoms. The molecule has 220 valence electrons. The molecule has 0 aromatic rings. The van der Waals surface area contributed by atoms with E-state index in [0.29, 0.717) is 6.42 Å². The van der Waals surface area contributed by atoms with Crippen LogP contribution in [0.4, 0.5) is 13.2 Å². The third-order valence-corrected chi connectivity index (χ3v) is 7.14. The van der Waals surface area contributed by atoms with E-state index < -0.39 is 47.9 Å². The molecule has 0 aliphatic heterocycles. The van der Waals surface area contributed by atoms with E-state index in [1.54, 1.807) is 17.5 Å². The van der Waals surface area contributed by atoms with E-state index in [1.807, 2.05) is 24.4 Å². The lowest BCUT2D eigenvalue weighted by Crippen LogP contribution is -2.52. The van der Waals surface area contributed by atoms with Gasteiger partial charge in [0.05, 0.1) is 6.10 Å². The van der Waals surface area contributed by atoms with E-state index in [4.69, 9.17) is 5.11 Å². The van der Waals surface area contributed by atoms with Gasteiger partial charge in [0.25, 0.3) is 0 Å². The number of allylic oxidation sites excluding steroid dienone is 3. The number of carboxylic acid groups (broad SMARTS) is 1. The summed E-state index contributed by atoms with van der Waals surface area (Å²) in [4.78, 5) is 34.4. The Labute approximate surface area is 229 Å². The molecule has 0 heterocycles. The molecule has 2 amide bonds. The summed E-state index contributed by atoms with van der Waals surface area (Å²) in [6.07, 6.45) is 14.2. The van der Waals surface area contributed by atoms with E-state index in [1.165, 1.54) is 44.9 Å². The number of nitrogens with one attached hydrogen (secondary N) is 2. The number of aliphatic hydroxyl groups excluding tert-OH is 1. The Kier molecular flexibility index (Phi) is 20.7. The van der Waals surface area contributed by atoms with Crippen LogP contribution in [0.15, 0.2) is 24.3 Å². The van der Waals surface area contributed by atoms with E-state index in [2.05, 4.69) is 6.92 Å². The van der Waals surface area contributed by atoms with Gasteiger partial charge in [-0.1, -0.05) is 95.9 Å². The SMILES string of the molecule is CCCCCCCCCCC=CC=C[C@@H](SCC(NC(=O)C(F)(F)F)C(=O)NCC(=O)O)[C@@H](O)CCCC. The Morgan fingerprint density at radius 3 is 2.11 bits per heavy atom. The molecule has 38 heavy (non-hydrogen) atoms. The van der Waals surface area contributed by atoms with Crippen LogP contribution in [-0.4, -0.2) is 63.9 Å². The van der Waals surface area contributed by atoms with Crippen molar-refractivity contribution in [2.75, 3.05) is 12.3 Å². The lowest BCUT2D eigenvalue weighted by atomic mass is 10.1. The van der Waals surface area contributed by atoms with Crippen LogP contribution in [0.1, 0.15) is 90.9 Å². The van der Waals surface area contributed by atoms with Crippen molar-refractivity contribution in [3.8, 4) is 0 Å².